The third-order valence-corrected chi connectivity index (χ3v) is 11.4. The van der Waals surface area contributed by atoms with Gasteiger partial charge in [0.1, 0.15) is 11.5 Å². The summed E-state index contributed by atoms with van der Waals surface area (Å²) in [6.07, 6.45) is 9.52. The van der Waals surface area contributed by atoms with Gasteiger partial charge < -0.3 is 18.9 Å². The normalized spacial score (nSPS) is 16.6. The van der Waals surface area contributed by atoms with Crippen LogP contribution < -0.4 is 15.0 Å². The van der Waals surface area contributed by atoms with E-state index in [1.54, 1.807) is 70.7 Å². The zero-order valence-corrected chi connectivity index (χ0v) is 34.0. The molecule has 292 valence electrons. The summed E-state index contributed by atoms with van der Waals surface area (Å²) in [6, 6.07) is 6.38. The topological polar surface area (TPSA) is 91.0 Å². The molecular weight excluding hydrogens is 682 g/mol. The van der Waals surface area contributed by atoms with Crippen LogP contribution in [0.4, 0.5) is 4.39 Å². The first-order valence-electron chi connectivity index (χ1n) is 18.8. The Balaban J connectivity index is 1.60. The average Bonchev–Trinajstić information content (AvgIpc) is 3.97. The van der Waals surface area contributed by atoms with E-state index in [1.165, 1.54) is 0 Å². The molecule has 1 aliphatic heterocycles. The number of carbonyl (C=O) groups excluding carboxylic acids is 1. The van der Waals surface area contributed by atoms with Crippen molar-refractivity contribution in [2.45, 2.75) is 78.8 Å². The minimum atomic E-state index is -0.753. The summed E-state index contributed by atoms with van der Waals surface area (Å²) in [6.45, 7) is 21.4. The van der Waals surface area contributed by atoms with Gasteiger partial charge in [-0.2, -0.15) is 5.26 Å². The third-order valence-electron chi connectivity index (χ3n) is 11.4. The molecule has 1 spiro atoms. The number of hydrogen-bond acceptors (Lipinski definition) is 7. The molecule has 2 aliphatic rings. The highest BCUT2D eigenvalue weighted by Gasteiger charge is 2.49. The quantitative estimate of drug-likeness (QED) is 0.130. The zero-order chi connectivity index (χ0) is 40.0. The number of benzene rings is 1. The number of rotatable bonds is 16. The van der Waals surface area contributed by atoms with E-state index in [1.807, 2.05) is 20.0 Å². The number of pyridine rings is 1. The molecule has 2 aromatic rings. The van der Waals surface area contributed by atoms with E-state index in [0.717, 1.165) is 94.9 Å². The second kappa shape index (κ2) is 17.8. The maximum atomic E-state index is 13.7. The SMILES string of the molecule is C=C/C(C/C(C#N)=C/C(C)(C)CF)=C(/CCN(C)C(C)=O)C(=C)CN1CCN(Cc2c(OC)cc(-c3cn(C)c(=O)c(C)c3C)cc2OC)C2(CC1)CC2. The number of alkyl halides is 1. The van der Waals surface area contributed by atoms with Gasteiger partial charge in [-0.25, -0.2) is 0 Å². The second-order valence-electron chi connectivity index (χ2n) is 15.8. The van der Waals surface area contributed by atoms with Gasteiger partial charge in [-0.15, -0.1) is 0 Å². The Morgan fingerprint density at radius 2 is 1.76 bits per heavy atom. The number of aryl methyl sites for hydroxylation is 1. The number of nitriles is 1. The summed E-state index contributed by atoms with van der Waals surface area (Å²) in [5.74, 6) is 1.48. The Labute approximate surface area is 322 Å². The van der Waals surface area contributed by atoms with Crippen molar-refractivity contribution in [2.24, 2.45) is 12.5 Å². The predicted molar refractivity (Wildman–Crippen MR) is 215 cm³/mol. The zero-order valence-electron chi connectivity index (χ0n) is 34.0. The molecule has 1 aliphatic carbocycles. The molecule has 9 nitrogen and oxygen atoms in total. The molecule has 0 bridgehead atoms. The van der Waals surface area contributed by atoms with Gasteiger partial charge in [0.25, 0.3) is 5.56 Å². The van der Waals surface area contributed by atoms with Gasteiger partial charge in [-0.3, -0.25) is 23.8 Å². The summed E-state index contributed by atoms with van der Waals surface area (Å²) in [4.78, 5) is 31.4. The minimum Gasteiger partial charge on any atom is -0.496 e. The van der Waals surface area contributed by atoms with Gasteiger partial charge in [0.2, 0.25) is 5.91 Å². The van der Waals surface area contributed by atoms with Gasteiger partial charge in [-0.05, 0) is 79.5 Å². The molecule has 2 fully saturated rings. The summed E-state index contributed by atoms with van der Waals surface area (Å²) in [7, 11) is 6.94. The molecule has 0 atom stereocenters. The van der Waals surface area contributed by atoms with E-state index in [2.05, 4.69) is 41.2 Å². The van der Waals surface area contributed by atoms with Crippen LogP contribution in [0, 0.1) is 30.6 Å². The average molecular weight is 742 g/mol. The molecule has 1 aromatic carbocycles. The van der Waals surface area contributed by atoms with Crippen molar-refractivity contribution < 1.29 is 18.7 Å². The first-order valence-corrected chi connectivity index (χ1v) is 18.8. The van der Waals surface area contributed by atoms with Crippen LogP contribution in [0.5, 0.6) is 11.5 Å². The van der Waals surface area contributed by atoms with Gasteiger partial charge in [-0.1, -0.05) is 39.2 Å². The number of ether oxygens (including phenoxy) is 2. The van der Waals surface area contributed by atoms with Gasteiger partial charge in [0, 0.05) is 101 Å². The molecule has 1 saturated carbocycles. The maximum Gasteiger partial charge on any atom is 0.253 e. The lowest BCUT2D eigenvalue weighted by molar-refractivity contribution is -0.127. The van der Waals surface area contributed by atoms with E-state index in [9.17, 15) is 19.2 Å². The fourth-order valence-corrected chi connectivity index (χ4v) is 7.51. The standard InChI is InChI=1S/C44H60FN5O4/c1-12-35(21-34(25-46)24-43(6,7)29-45)37(13-17-47(8)33(5)51)30(2)26-49-18-16-44(14-15-44)50(20-19-49)28-39-40(53-10)22-36(23-41(39)54-11)38-27-48(9)42(52)32(4)31(38)3/h12,22-24,27H,1-2,13-21,26,28-29H2,3-11H3/b34-24-,37-35+. The molecule has 0 radical (unpaired) electrons. The third kappa shape index (κ3) is 9.79. The van der Waals surface area contributed by atoms with Crippen molar-refractivity contribution in [1.29, 1.82) is 5.26 Å². The van der Waals surface area contributed by atoms with Crippen LogP contribution in [-0.2, 0) is 18.4 Å². The largest absolute Gasteiger partial charge is 0.496 e. The first kappa shape index (κ1) is 42.3. The lowest BCUT2D eigenvalue weighted by Gasteiger charge is -2.31. The summed E-state index contributed by atoms with van der Waals surface area (Å²) >= 11 is 0. The molecule has 10 heteroatoms. The maximum absolute atomic E-state index is 13.7. The van der Waals surface area contributed by atoms with E-state index >= 15 is 0 Å². The Morgan fingerprint density at radius 3 is 2.30 bits per heavy atom. The minimum absolute atomic E-state index is 0.00568. The Morgan fingerprint density at radius 1 is 1.11 bits per heavy atom. The number of hydrogen-bond donors (Lipinski definition) is 0. The van der Waals surface area contributed by atoms with Gasteiger partial charge >= 0.3 is 0 Å². The van der Waals surface area contributed by atoms with Crippen LogP contribution in [0.25, 0.3) is 11.1 Å². The second-order valence-corrected chi connectivity index (χ2v) is 15.8. The fraction of sp³-hybridized carbons (Fsp3) is 0.523. The van der Waals surface area contributed by atoms with Crippen LogP contribution >= 0.6 is 0 Å². The summed E-state index contributed by atoms with van der Waals surface area (Å²) < 4.78 is 27.3. The van der Waals surface area contributed by atoms with Crippen molar-refractivity contribution in [3.05, 3.63) is 93.0 Å². The Hall–Kier alpha value is -4.46. The molecule has 54 heavy (non-hydrogen) atoms. The number of nitrogens with zero attached hydrogens (tertiary/aromatic N) is 5. The molecular formula is C44H60FN5O4. The number of halogens is 1. The molecule has 2 heterocycles. The van der Waals surface area contributed by atoms with Crippen molar-refractivity contribution >= 4 is 5.91 Å². The van der Waals surface area contributed by atoms with Crippen LogP contribution in [-0.4, -0.2) is 91.4 Å². The van der Waals surface area contributed by atoms with E-state index in [-0.39, 0.29) is 17.0 Å². The Bertz CT molecular complexity index is 1890. The summed E-state index contributed by atoms with van der Waals surface area (Å²) in [5, 5.41) is 9.98. The molecule has 1 aromatic heterocycles. The lowest BCUT2D eigenvalue weighted by atomic mass is 9.88. The fourth-order valence-electron chi connectivity index (χ4n) is 7.51. The highest BCUT2D eigenvalue weighted by atomic mass is 19.1. The molecule has 4 rings (SSSR count). The Kier molecular flexibility index (Phi) is 13.9. The monoisotopic (exact) mass is 741 g/mol. The number of carbonyl (C=O) groups is 1. The number of amides is 1. The van der Waals surface area contributed by atoms with Crippen LogP contribution in [0.1, 0.15) is 69.6 Å². The molecule has 1 saturated heterocycles. The van der Waals surface area contributed by atoms with E-state index in [0.29, 0.717) is 38.0 Å². The van der Waals surface area contributed by atoms with E-state index < -0.39 is 12.1 Å². The van der Waals surface area contributed by atoms with Crippen LogP contribution in [0.15, 0.2) is 70.7 Å². The molecule has 0 unspecified atom stereocenters. The van der Waals surface area contributed by atoms with Crippen molar-refractivity contribution in [2.75, 3.05) is 60.7 Å². The van der Waals surface area contributed by atoms with Gasteiger partial charge in [0.05, 0.1) is 32.5 Å². The van der Waals surface area contributed by atoms with E-state index in [4.69, 9.17) is 9.47 Å². The molecule has 0 N–H and O–H groups in total. The number of aromatic nitrogens is 1. The van der Waals surface area contributed by atoms with Crippen LogP contribution in [0.2, 0.25) is 0 Å². The van der Waals surface area contributed by atoms with Crippen LogP contribution in [0.3, 0.4) is 0 Å². The first-order chi connectivity index (χ1) is 25.5. The highest BCUT2D eigenvalue weighted by Crippen LogP contribution is 2.48. The van der Waals surface area contributed by atoms with Crippen molar-refractivity contribution in [3.8, 4) is 28.7 Å². The predicted octanol–water partition coefficient (Wildman–Crippen LogP) is 7.47. The van der Waals surface area contributed by atoms with Crippen molar-refractivity contribution in [3.63, 3.8) is 0 Å². The number of methoxy groups -OCH3 is 2. The highest BCUT2D eigenvalue weighted by molar-refractivity contribution is 5.73. The number of allylic oxidation sites excluding steroid dienone is 4. The molecule has 1 amide bonds. The lowest BCUT2D eigenvalue weighted by Crippen LogP contribution is -2.38. The van der Waals surface area contributed by atoms with Crippen molar-refractivity contribution in [1.82, 2.24) is 19.3 Å². The smallest absolute Gasteiger partial charge is 0.253 e. The summed E-state index contributed by atoms with van der Waals surface area (Å²) in [5.41, 5.74) is 7.18. The van der Waals surface area contributed by atoms with Gasteiger partial charge in [0.15, 0.2) is 0 Å².